The molecule has 0 aliphatic carbocycles. The molecule has 0 saturated carbocycles. The Hall–Kier alpha value is -1.06. The highest BCUT2D eigenvalue weighted by molar-refractivity contribution is 7.19. The number of nitrogens with two attached hydrogens (primary N) is 1. The van der Waals surface area contributed by atoms with Gasteiger partial charge in [0, 0.05) is 16.6 Å². The molecule has 0 saturated heterocycles. The number of rotatable bonds is 1. The number of thiophene rings is 1. The highest BCUT2D eigenvalue weighted by atomic mass is 35.5. The molecule has 2 aromatic rings. The van der Waals surface area contributed by atoms with Crippen LogP contribution in [-0.4, -0.2) is 4.98 Å². The lowest BCUT2D eigenvalue weighted by atomic mass is 10.2. The van der Waals surface area contributed by atoms with Gasteiger partial charge in [0.25, 0.3) is 0 Å². The van der Waals surface area contributed by atoms with Crippen LogP contribution in [0.1, 0.15) is 0 Å². The number of hydrogen-bond donors (Lipinski definition) is 1. The van der Waals surface area contributed by atoms with Crippen molar-refractivity contribution in [1.29, 1.82) is 0 Å². The number of anilines is 1. The molecule has 0 radical (unpaired) electrons. The Morgan fingerprint density at radius 2 is 2.08 bits per heavy atom. The lowest BCUT2D eigenvalue weighted by molar-refractivity contribution is 1.34. The third-order valence-corrected chi connectivity index (χ3v) is 2.92. The van der Waals surface area contributed by atoms with Gasteiger partial charge in [-0.05, 0) is 24.3 Å². The average molecular weight is 211 g/mol. The van der Waals surface area contributed by atoms with Crippen LogP contribution in [0, 0.1) is 0 Å². The van der Waals surface area contributed by atoms with Crippen molar-refractivity contribution in [3.8, 4) is 10.4 Å². The van der Waals surface area contributed by atoms with Crippen molar-refractivity contribution in [3.05, 3.63) is 34.8 Å². The smallest absolute Gasteiger partial charge is 0.123 e. The number of aromatic nitrogens is 1. The van der Waals surface area contributed by atoms with Crippen molar-refractivity contribution in [2.24, 2.45) is 0 Å². The maximum absolute atomic E-state index is 5.81. The van der Waals surface area contributed by atoms with E-state index in [9.17, 15) is 0 Å². The van der Waals surface area contributed by atoms with Gasteiger partial charge in [0.05, 0.1) is 4.34 Å². The highest BCUT2D eigenvalue weighted by Gasteiger charge is 2.00. The Labute approximate surface area is 85.0 Å². The first kappa shape index (κ1) is 8.53. The normalized spacial score (nSPS) is 10.2. The van der Waals surface area contributed by atoms with E-state index in [2.05, 4.69) is 4.98 Å². The summed E-state index contributed by atoms with van der Waals surface area (Å²) >= 11 is 7.35. The molecule has 0 fully saturated rings. The van der Waals surface area contributed by atoms with Crippen LogP contribution in [0.5, 0.6) is 0 Å². The van der Waals surface area contributed by atoms with E-state index in [1.807, 2.05) is 18.2 Å². The maximum Gasteiger partial charge on any atom is 0.123 e. The number of nitrogens with zero attached hydrogens (tertiary/aromatic N) is 1. The molecular weight excluding hydrogens is 204 g/mol. The van der Waals surface area contributed by atoms with E-state index in [-0.39, 0.29) is 0 Å². The zero-order valence-corrected chi connectivity index (χ0v) is 8.27. The Bertz CT molecular complexity index is 408. The molecule has 0 aliphatic rings. The number of pyridine rings is 1. The van der Waals surface area contributed by atoms with Crippen molar-refractivity contribution < 1.29 is 0 Å². The fourth-order valence-corrected chi connectivity index (χ4v) is 2.05. The molecule has 2 rings (SSSR count). The summed E-state index contributed by atoms with van der Waals surface area (Å²) in [7, 11) is 0. The SMILES string of the molecule is Nc1ccc(-c2ccc(Cl)s2)cn1. The number of nitrogen functional groups attached to an aromatic ring is 1. The molecule has 0 atom stereocenters. The van der Waals surface area contributed by atoms with Crippen molar-refractivity contribution in [1.82, 2.24) is 4.98 Å². The minimum absolute atomic E-state index is 0.534. The third kappa shape index (κ3) is 1.82. The Kier molecular flexibility index (Phi) is 2.20. The second-order valence-corrected chi connectivity index (χ2v) is 4.29. The van der Waals surface area contributed by atoms with Crippen molar-refractivity contribution in [2.75, 3.05) is 5.73 Å². The summed E-state index contributed by atoms with van der Waals surface area (Å²) in [6, 6.07) is 7.56. The summed E-state index contributed by atoms with van der Waals surface area (Å²) in [5, 5.41) is 0. The molecule has 4 heteroatoms. The monoisotopic (exact) mass is 210 g/mol. The van der Waals surface area contributed by atoms with Gasteiger partial charge in [-0.25, -0.2) is 4.98 Å². The third-order valence-electron chi connectivity index (χ3n) is 1.64. The van der Waals surface area contributed by atoms with Gasteiger partial charge in [-0.1, -0.05) is 11.6 Å². The molecule has 66 valence electrons. The molecule has 2 N–H and O–H groups in total. The molecule has 13 heavy (non-hydrogen) atoms. The first-order valence-corrected chi connectivity index (χ1v) is 4.92. The van der Waals surface area contributed by atoms with Gasteiger partial charge in [-0.3, -0.25) is 0 Å². The van der Waals surface area contributed by atoms with Gasteiger partial charge in [-0.2, -0.15) is 0 Å². The maximum atomic E-state index is 5.81. The fourth-order valence-electron chi connectivity index (χ4n) is 1.02. The van der Waals surface area contributed by atoms with E-state index in [4.69, 9.17) is 17.3 Å². The molecule has 2 heterocycles. The topological polar surface area (TPSA) is 38.9 Å². The van der Waals surface area contributed by atoms with Gasteiger partial charge in [-0.15, -0.1) is 11.3 Å². The molecule has 0 bridgehead atoms. The minimum Gasteiger partial charge on any atom is -0.384 e. The summed E-state index contributed by atoms with van der Waals surface area (Å²) in [5.74, 6) is 0.534. The van der Waals surface area contributed by atoms with E-state index >= 15 is 0 Å². The van der Waals surface area contributed by atoms with Gasteiger partial charge >= 0.3 is 0 Å². The van der Waals surface area contributed by atoms with Crippen LogP contribution in [-0.2, 0) is 0 Å². The number of halogens is 1. The van der Waals surface area contributed by atoms with Crippen molar-refractivity contribution in [2.45, 2.75) is 0 Å². The van der Waals surface area contributed by atoms with Gasteiger partial charge < -0.3 is 5.73 Å². The molecule has 0 amide bonds. The van der Waals surface area contributed by atoms with Crippen LogP contribution in [0.15, 0.2) is 30.5 Å². The van der Waals surface area contributed by atoms with E-state index < -0.39 is 0 Å². The van der Waals surface area contributed by atoms with Crippen LogP contribution >= 0.6 is 22.9 Å². The van der Waals surface area contributed by atoms with Crippen molar-refractivity contribution in [3.63, 3.8) is 0 Å². The molecule has 2 nitrogen and oxygen atoms in total. The quantitative estimate of drug-likeness (QED) is 0.786. The summed E-state index contributed by atoms with van der Waals surface area (Å²) in [5.41, 5.74) is 6.52. The van der Waals surface area contributed by atoms with Gasteiger partial charge in [0.2, 0.25) is 0 Å². The zero-order chi connectivity index (χ0) is 9.26. The molecule has 2 aromatic heterocycles. The molecule has 0 unspecified atom stereocenters. The standard InChI is InChI=1S/C9H7ClN2S/c10-8-3-2-7(13-8)6-1-4-9(11)12-5-6/h1-5H,(H2,11,12). The minimum atomic E-state index is 0.534. The van der Waals surface area contributed by atoms with Crippen molar-refractivity contribution >= 4 is 28.8 Å². The largest absolute Gasteiger partial charge is 0.384 e. The summed E-state index contributed by atoms with van der Waals surface area (Å²) in [6.45, 7) is 0. The highest BCUT2D eigenvalue weighted by Crippen LogP contribution is 2.30. The van der Waals surface area contributed by atoms with Gasteiger partial charge in [0.1, 0.15) is 5.82 Å². The van der Waals surface area contributed by atoms with Crippen LogP contribution in [0.25, 0.3) is 10.4 Å². The Morgan fingerprint density at radius 3 is 2.62 bits per heavy atom. The first-order chi connectivity index (χ1) is 6.25. The van der Waals surface area contributed by atoms with E-state index in [1.54, 1.807) is 12.3 Å². The predicted molar refractivity (Wildman–Crippen MR) is 57.0 cm³/mol. The van der Waals surface area contributed by atoms with E-state index in [1.165, 1.54) is 11.3 Å². The summed E-state index contributed by atoms with van der Waals surface area (Å²) < 4.78 is 0.784. The number of hydrogen-bond acceptors (Lipinski definition) is 3. The summed E-state index contributed by atoms with van der Waals surface area (Å²) in [6.07, 6.45) is 1.75. The molecule has 0 aromatic carbocycles. The Morgan fingerprint density at radius 1 is 1.23 bits per heavy atom. The summed E-state index contributed by atoms with van der Waals surface area (Å²) in [4.78, 5) is 5.11. The van der Waals surface area contributed by atoms with E-state index in [0.29, 0.717) is 5.82 Å². The first-order valence-electron chi connectivity index (χ1n) is 3.73. The lowest BCUT2D eigenvalue weighted by Crippen LogP contribution is -1.87. The van der Waals surface area contributed by atoms with Gasteiger partial charge in [0.15, 0.2) is 0 Å². The Balaban J connectivity index is 2.41. The molecule has 0 spiro atoms. The molecular formula is C9H7ClN2S. The van der Waals surface area contributed by atoms with Crippen LogP contribution < -0.4 is 5.73 Å². The zero-order valence-electron chi connectivity index (χ0n) is 6.70. The second kappa shape index (κ2) is 3.36. The average Bonchev–Trinajstić information content (AvgIpc) is 2.53. The van der Waals surface area contributed by atoms with Crippen LogP contribution in [0.3, 0.4) is 0 Å². The van der Waals surface area contributed by atoms with Crippen LogP contribution in [0.4, 0.5) is 5.82 Å². The van der Waals surface area contributed by atoms with Crippen LogP contribution in [0.2, 0.25) is 4.34 Å². The van der Waals surface area contributed by atoms with E-state index in [0.717, 1.165) is 14.8 Å². The lowest BCUT2D eigenvalue weighted by Gasteiger charge is -1.96. The fraction of sp³-hybridized carbons (Fsp3) is 0. The second-order valence-electron chi connectivity index (χ2n) is 2.58. The predicted octanol–water partition coefficient (Wildman–Crippen LogP) is 3.05. The molecule has 0 aliphatic heterocycles.